The van der Waals surface area contributed by atoms with Gasteiger partial charge in [-0.15, -0.1) is 0 Å². The van der Waals surface area contributed by atoms with E-state index in [0.717, 1.165) is 0 Å². The average Bonchev–Trinajstić information content (AvgIpc) is 0. The van der Waals surface area contributed by atoms with Gasteiger partial charge in [0.2, 0.25) is 0 Å². The molecule has 0 aromatic carbocycles. The molecule has 0 heterocycles. The minimum Gasteiger partial charge on any atom is -1.00 e. The van der Waals surface area contributed by atoms with E-state index in [1.54, 1.807) is 0 Å². The summed E-state index contributed by atoms with van der Waals surface area (Å²) in [5.74, 6) is 0. The second-order valence-electron chi connectivity index (χ2n) is 0. The third kappa shape index (κ3) is 41.3. The molecule has 0 aliphatic heterocycles. The van der Waals surface area contributed by atoms with Gasteiger partial charge in [-0.3, -0.25) is 0 Å². The zero-order chi connectivity index (χ0) is 0. The Morgan fingerprint density at radius 1 is 0.571 bits per heavy atom. The predicted molar refractivity (Wildman–Crippen MR) is 62.9 cm³/mol. The molecule has 0 N–H and O–H groups in total. The molecule has 0 nitrogen and oxygen atoms in total. The molecule has 0 fully saturated rings. The maximum atomic E-state index is 0. The van der Waals surface area contributed by atoms with Crippen LogP contribution in [0.15, 0.2) is 0 Å². The molecule has 0 unspecified atom stereocenters. The fraction of sp³-hybridized carbons (Fsp3) is 0. The number of hydrogen-bond donors (Lipinski definition) is 0. The molecule has 0 saturated carbocycles. The van der Waals surface area contributed by atoms with Crippen LogP contribution in [0.25, 0.3) is 0 Å². The summed E-state index contributed by atoms with van der Waals surface area (Å²) in [5.41, 5.74) is 0. The maximum Gasteiger partial charge on any atom is 1.00 e. The van der Waals surface area contributed by atoms with E-state index >= 15 is 0 Å². The quantitative estimate of drug-likeness (QED) is 0.333. The molecule has 0 radical (unpaired) electrons. The van der Waals surface area contributed by atoms with Crippen molar-refractivity contribution in [1.29, 1.82) is 0 Å². The molecule has 0 bridgehead atoms. The van der Waals surface area contributed by atoms with E-state index in [4.69, 9.17) is 0 Å². The van der Waals surface area contributed by atoms with Crippen LogP contribution >= 0.6 is 0 Å². The Hall–Kier alpha value is 3.79. The first-order chi connectivity index (χ1) is 0. The van der Waals surface area contributed by atoms with Crippen LogP contribution in [0.3, 0.4) is 0 Å². The van der Waals surface area contributed by atoms with Crippen molar-refractivity contribution in [2.75, 3.05) is 0 Å². The summed E-state index contributed by atoms with van der Waals surface area (Å²) in [4.78, 5) is 0. The zero-order valence-electron chi connectivity index (χ0n) is 2.00. The molecule has 0 spiro atoms. The summed E-state index contributed by atoms with van der Waals surface area (Å²) in [6, 6.07) is 0. The van der Waals surface area contributed by atoms with Crippen molar-refractivity contribution in [3.8, 4) is 0 Å². The van der Waals surface area contributed by atoms with Crippen molar-refractivity contribution >= 4 is 104 Å². The van der Waals surface area contributed by atoms with Gasteiger partial charge < -0.3 is 1.43 Å². The molecule has 0 aliphatic rings. The normalized spacial score (nSPS) is 0. The van der Waals surface area contributed by atoms with Crippen molar-refractivity contribution in [3.63, 3.8) is 0 Å². The van der Waals surface area contributed by atoms with Crippen molar-refractivity contribution in [2.24, 2.45) is 0 Å². The monoisotopic (exact) mass is 190 g/mol. The fourth-order valence-corrected chi connectivity index (χ4v) is 0. The smallest absolute Gasteiger partial charge is 1.00 e. The second kappa shape index (κ2) is 52.6. The van der Waals surface area contributed by atoms with Crippen LogP contribution in [0.2, 0.25) is 0 Å². The van der Waals surface area contributed by atoms with Crippen LogP contribution in [-0.2, 0) is 0 Å². The van der Waals surface area contributed by atoms with Gasteiger partial charge in [-0.05, 0) is 0 Å². The topological polar surface area (TPSA) is 0 Å². The van der Waals surface area contributed by atoms with Crippen LogP contribution in [0, 0.1) is 0 Å². The average molecular weight is 190 g/mol. The van der Waals surface area contributed by atoms with Gasteiger partial charge in [0.05, 0.1) is 0 Å². The molecule has 7 heteroatoms. The van der Waals surface area contributed by atoms with Gasteiger partial charge in [0.15, 0.2) is 104 Å². The Bertz CT molecular complexity index is 11.0. The summed E-state index contributed by atoms with van der Waals surface area (Å²) in [6.07, 6.45) is 0. The number of hydrogen-bond acceptors (Lipinski definition) is 0. The summed E-state index contributed by atoms with van der Waals surface area (Å²) in [5, 5.41) is 0. The van der Waals surface area contributed by atoms with Gasteiger partial charge in [0.1, 0.15) is 0 Å². The second-order valence-corrected chi connectivity index (χ2v) is 0. The molecule has 0 aromatic rings. The van der Waals surface area contributed by atoms with Gasteiger partial charge in [-0.1, -0.05) is 0 Å². The van der Waals surface area contributed by atoms with E-state index in [-0.39, 0.29) is 126 Å². The number of rotatable bonds is 0. The molecule has 0 atom stereocenters. The zero-order valence-corrected chi connectivity index (χ0v) is 1.00. The molecule has 7 heavy (non-hydrogen) atoms. The molecule has 0 rings (SSSR count). The molecule has 0 saturated heterocycles. The first-order valence-electron chi connectivity index (χ1n) is 0. The van der Waals surface area contributed by atoms with Crippen LogP contribution in [-0.4, -0.2) is 104 Å². The van der Waals surface area contributed by atoms with Crippen LogP contribution < -0.4 is 18.9 Å². The molecule has 0 aromatic heterocycles. The van der Waals surface area contributed by atoms with E-state index in [1.165, 1.54) is 0 Å². The minimum atomic E-state index is 0. The van der Waals surface area contributed by atoms with Crippen molar-refractivity contribution in [3.05, 3.63) is 0 Å². The molecular weight excluding hydrogens is 169 g/mol. The van der Waals surface area contributed by atoms with Gasteiger partial charge in [-0.25, -0.2) is 0 Å². The molecule has 0 amide bonds. The Labute approximate surface area is 124 Å². The summed E-state index contributed by atoms with van der Waals surface area (Å²) in [7, 11) is 0. The Balaban J connectivity index is 0. The summed E-state index contributed by atoms with van der Waals surface area (Å²) < 4.78 is 0. The van der Waals surface area contributed by atoms with Crippen LogP contribution in [0.1, 0.15) is 2.85 Å². The Morgan fingerprint density at radius 3 is 0.571 bits per heavy atom. The van der Waals surface area contributed by atoms with Crippen LogP contribution in [0.4, 0.5) is 0 Å². The van der Waals surface area contributed by atoms with Crippen molar-refractivity contribution in [1.82, 2.24) is 0 Å². The van der Waals surface area contributed by atoms with Crippen molar-refractivity contribution < 1.29 is 21.7 Å². The van der Waals surface area contributed by atoms with E-state index in [0.29, 0.717) is 0 Å². The molecule has 0 aliphatic carbocycles. The maximum absolute atomic E-state index is 0. The summed E-state index contributed by atoms with van der Waals surface area (Å²) >= 11 is 0. The van der Waals surface area contributed by atoms with Crippen LogP contribution in [0.5, 0.6) is 0 Å². The minimum absolute atomic E-state index is 0. The van der Waals surface area contributed by atoms with Gasteiger partial charge in [0, 0.05) is 1.43 Å². The Kier molecular flexibility index (Phi) is 541. The summed E-state index contributed by atoms with van der Waals surface area (Å²) in [6.45, 7) is 0. The first kappa shape index (κ1) is 72.0. The molecular formula is H21Al6Li. The third-order valence-corrected chi connectivity index (χ3v) is 0. The largest absolute Gasteiger partial charge is 1.00 e. The van der Waals surface area contributed by atoms with E-state index in [2.05, 4.69) is 0 Å². The van der Waals surface area contributed by atoms with E-state index in [9.17, 15) is 0 Å². The van der Waals surface area contributed by atoms with E-state index in [1.807, 2.05) is 0 Å². The third-order valence-electron chi connectivity index (χ3n) is 0. The van der Waals surface area contributed by atoms with Gasteiger partial charge >= 0.3 is 18.9 Å². The van der Waals surface area contributed by atoms with Crippen molar-refractivity contribution in [2.45, 2.75) is 0 Å². The standard InChI is InChI=1S/6Al.Li.H2.19H/h;;;;;;;1H;;;;;;;;;;;;;;;;;;;/q;;;;;;+1;;;;;;;;;;;;;;;;;;;;-1. The fourth-order valence-electron chi connectivity index (χ4n) is 0. The SMILES string of the molecule is [AlH3].[AlH3].[AlH3].[AlH3].[AlH3].[AlH3].[H-].[HH].[Li+]. The first-order valence-corrected chi connectivity index (χ1v) is 0. The predicted octanol–water partition coefficient (Wildman–Crippen LogP) is -9.74. The van der Waals surface area contributed by atoms with E-state index < -0.39 is 0 Å². The Morgan fingerprint density at radius 2 is 0.571 bits per heavy atom. The van der Waals surface area contributed by atoms with Gasteiger partial charge in [-0.2, -0.15) is 0 Å². The van der Waals surface area contributed by atoms with Gasteiger partial charge in [0.25, 0.3) is 0 Å². The molecule has 40 valence electrons.